The summed E-state index contributed by atoms with van der Waals surface area (Å²) in [6, 6.07) is 0. The second-order valence-electron chi connectivity index (χ2n) is 2.16. The standard InChI is InChI=1S/C7H12.C3H6/c1-5-7(4)6(2)3;1-3-2/h5H,2H2,1,3-4H3;3H,1H2,2H3/b7-5-;. The largest absolute Gasteiger partial charge is 0.103 e. The SMILES string of the molecule is C=C(C)/C(C)=C\C.C=CC. The van der Waals surface area contributed by atoms with Crippen molar-refractivity contribution < 1.29 is 0 Å². The van der Waals surface area contributed by atoms with E-state index in [9.17, 15) is 0 Å². The van der Waals surface area contributed by atoms with E-state index in [4.69, 9.17) is 0 Å². The molecule has 0 N–H and O–H groups in total. The van der Waals surface area contributed by atoms with Gasteiger partial charge in [-0.05, 0) is 27.7 Å². The third kappa shape index (κ3) is 10.3. The van der Waals surface area contributed by atoms with Gasteiger partial charge in [-0.1, -0.05) is 29.9 Å². The van der Waals surface area contributed by atoms with E-state index in [1.54, 1.807) is 6.08 Å². The molecule has 0 aliphatic rings. The summed E-state index contributed by atoms with van der Waals surface area (Å²) in [4.78, 5) is 0. The molecule has 0 unspecified atom stereocenters. The van der Waals surface area contributed by atoms with Crippen molar-refractivity contribution in [1.29, 1.82) is 0 Å². The lowest BCUT2D eigenvalue weighted by atomic mass is 10.2. The van der Waals surface area contributed by atoms with E-state index in [0.29, 0.717) is 0 Å². The molecule has 0 aromatic heterocycles. The van der Waals surface area contributed by atoms with Crippen LogP contribution in [0.4, 0.5) is 0 Å². The predicted molar refractivity (Wildman–Crippen MR) is 50.1 cm³/mol. The van der Waals surface area contributed by atoms with Crippen LogP contribution in [0.25, 0.3) is 0 Å². The summed E-state index contributed by atoms with van der Waals surface area (Å²) in [5.41, 5.74) is 2.43. The first kappa shape index (κ1) is 12.0. The Morgan fingerprint density at radius 1 is 1.20 bits per heavy atom. The van der Waals surface area contributed by atoms with Crippen LogP contribution in [0.2, 0.25) is 0 Å². The maximum absolute atomic E-state index is 3.76. The molecule has 0 aromatic rings. The zero-order valence-corrected chi connectivity index (χ0v) is 7.57. The van der Waals surface area contributed by atoms with E-state index >= 15 is 0 Å². The molecular formula is C10H18. The Morgan fingerprint density at radius 3 is 1.50 bits per heavy atom. The van der Waals surface area contributed by atoms with E-state index in [1.807, 2.05) is 20.8 Å². The van der Waals surface area contributed by atoms with Crippen LogP contribution in [0.15, 0.2) is 36.5 Å². The van der Waals surface area contributed by atoms with Crippen LogP contribution in [-0.4, -0.2) is 0 Å². The molecule has 0 nitrogen and oxygen atoms in total. The first-order valence-electron chi connectivity index (χ1n) is 3.46. The molecule has 0 aromatic carbocycles. The second-order valence-corrected chi connectivity index (χ2v) is 2.16. The molecule has 10 heavy (non-hydrogen) atoms. The lowest BCUT2D eigenvalue weighted by molar-refractivity contribution is 1.34. The number of hydrogen-bond donors (Lipinski definition) is 0. The normalized spacial score (nSPS) is 9.40. The summed E-state index contributed by atoms with van der Waals surface area (Å²) in [5.74, 6) is 0. The Morgan fingerprint density at radius 2 is 1.50 bits per heavy atom. The van der Waals surface area contributed by atoms with Crippen molar-refractivity contribution in [2.24, 2.45) is 0 Å². The van der Waals surface area contributed by atoms with Gasteiger partial charge in [0.05, 0.1) is 0 Å². The minimum atomic E-state index is 1.16. The molecule has 0 spiro atoms. The van der Waals surface area contributed by atoms with Gasteiger partial charge in [0, 0.05) is 0 Å². The van der Waals surface area contributed by atoms with Crippen molar-refractivity contribution in [2.45, 2.75) is 27.7 Å². The van der Waals surface area contributed by atoms with Gasteiger partial charge in [-0.2, -0.15) is 0 Å². The highest BCUT2D eigenvalue weighted by atomic mass is 13.9. The van der Waals surface area contributed by atoms with Gasteiger partial charge in [-0.25, -0.2) is 0 Å². The van der Waals surface area contributed by atoms with Crippen LogP contribution in [-0.2, 0) is 0 Å². The highest BCUT2D eigenvalue weighted by Gasteiger charge is 1.81. The molecule has 0 amide bonds. The smallest absolute Gasteiger partial charge is 0.0399 e. The summed E-state index contributed by atoms with van der Waals surface area (Å²) in [6.07, 6.45) is 3.81. The Bertz CT molecular complexity index is 127. The Labute approximate surface area is 65.0 Å². The van der Waals surface area contributed by atoms with Crippen LogP contribution in [0.5, 0.6) is 0 Å². The first-order valence-corrected chi connectivity index (χ1v) is 3.46. The molecule has 0 heterocycles. The van der Waals surface area contributed by atoms with E-state index in [0.717, 1.165) is 5.57 Å². The van der Waals surface area contributed by atoms with Crippen LogP contribution in [0, 0.1) is 0 Å². The summed E-state index contributed by atoms with van der Waals surface area (Å²) >= 11 is 0. The van der Waals surface area contributed by atoms with Crippen molar-refractivity contribution in [2.75, 3.05) is 0 Å². The maximum Gasteiger partial charge on any atom is -0.0399 e. The van der Waals surface area contributed by atoms with Gasteiger partial charge in [0.1, 0.15) is 0 Å². The van der Waals surface area contributed by atoms with E-state index in [1.165, 1.54) is 5.57 Å². The van der Waals surface area contributed by atoms with Gasteiger partial charge >= 0.3 is 0 Å². The maximum atomic E-state index is 3.76. The Hall–Kier alpha value is -0.780. The molecule has 0 aliphatic carbocycles. The van der Waals surface area contributed by atoms with Crippen molar-refractivity contribution in [1.82, 2.24) is 0 Å². The third-order valence-electron chi connectivity index (χ3n) is 1.11. The van der Waals surface area contributed by atoms with Crippen LogP contribution in [0.1, 0.15) is 27.7 Å². The quantitative estimate of drug-likeness (QED) is 0.382. The fraction of sp³-hybridized carbons (Fsp3) is 0.400. The molecular weight excluding hydrogens is 120 g/mol. The second kappa shape index (κ2) is 8.22. The molecule has 0 saturated carbocycles. The van der Waals surface area contributed by atoms with Crippen LogP contribution in [0.3, 0.4) is 0 Å². The van der Waals surface area contributed by atoms with Crippen molar-refractivity contribution in [3.63, 3.8) is 0 Å². The average molecular weight is 138 g/mol. The first-order chi connectivity index (χ1) is 4.59. The fourth-order valence-corrected chi connectivity index (χ4v) is 0.246. The molecule has 0 aliphatic heterocycles. The zero-order valence-electron chi connectivity index (χ0n) is 7.57. The molecule has 0 saturated heterocycles. The minimum absolute atomic E-state index is 1.16. The third-order valence-corrected chi connectivity index (χ3v) is 1.11. The molecule has 0 radical (unpaired) electrons. The minimum Gasteiger partial charge on any atom is -0.103 e. The monoisotopic (exact) mass is 138 g/mol. The van der Waals surface area contributed by atoms with Crippen molar-refractivity contribution in [3.8, 4) is 0 Å². The van der Waals surface area contributed by atoms with Crippen LogP contribution >= 0.6 is 0 Å². The topological polar surface area (TPSA) is 0 Å². The van der Waals surface area contributed by atoms with Gasteiger partial charge in [-0.3, -0.25) is 0 Å². The molecule has 0 fully saturated rings. The highest BCUT2D eigenvalue weighted by molar-refractivity contribution is 5.22. The Kier molecular flexibility index (Phi) is 9.82. The predicted octanol–water partition coefficient (Wildman–Crippen LogP) is 3.72. The van der Waals surface area contributed by atoms with Gasteiger partial charge in [-0.15, -0.1) is 6.58 Å². The lowest BCUT2D eigenvalue weighted by Crippen LogP contribution is -1.71. The van der Waals surface area contributed by atoms with Crippen LogP contribution < -0.4 is 0 Å². The highest BCUT2D eigenvalue weighted by Crippen LogP contribution is 2.02. The van der Waals surface area contributed by atoms with Gasteiger partial charge in [0.15, 0.2) is 0 Å². The van der Waals surface area contributed by atoms with Gasteiger partial charge < -0.3 is 0 Å². The summed E-state index contributed by atoms with van der Waals surface area (Å²) in [7, 11) is 0. The van der Waals surface area contributed by atoms with E-state index < -0.39 is 0 Å². The van der Waals surface area contributed by atoms with Gasteiger partial charge in [0.2, 0.25) is 0 Å². The number of rotatable bonds is 1. The molecule has 0 rings (SSSR count). The lowest BCUT2D eigenvalue weighted by Gasteiger charge is -1.92. The Balaban J connectivity index is 0. The molecule has 58 valence electrons. The van der Waals surface area contributed by atoms with Gasteiger partial charge in [0.25, 0.3) is 0 Å². The van der Waals surface area contributed by atoms with Crippen molar-refractivity contribution >= 4 is 0 Å². The summed E-state index contributed by atoms with van der Waals surface area (Å²) in [5, 5.41) is 0. The van der Waals surface area contributed by atoms with Crippen molar-refractivity contribution in [3.05, 3.63) is 36.5 Å². The van der Waals surface area contributed by atoms with E-state index in [2.05, 4.69) is 26.2 Å². The molecule has 0 heteroatoms. The fourth-order valence-electron chi connectivity index (χ4n) is 0.246. The molecule has 0 atom stereocenters. The molecule has 0 bridgehead atoms. The van der Waals surface area contributed by atoms with E-state index in [-0.39, 0.29) is 0 Å². The number of hydrogen-bond acceptors (Lipinski definition) is 0. The summed E-state index contributed by atoms with van der Waals surface area (Å²) < 4.78 is 0. The number of allylic oxidation sites excluding steroid dienone is 4. The zero-order chi connectivity index (χ0) is 8.57. The summed E-state index contributed by atoms with van der Waals surface area (Å²) in [6.45, 7) is 15.1. The average Bonchev–Trinajstić information content (AvgIpc) is 1.88.